The predicted octanol–water partition coefficient (Wildman–Crippen LogP) is -0.641. The van der Waals surface area contributed by atoms with E-state index in [0.29, 0.717) is 19.4 Å². The molecule has 0 aromatic carbocycles. The monoisotopic (exact) mass is 256 g/mol. The van der Waals surface area contributed by atoms with Crippen molar-refractivity contribution in [1.82, 2.24) is 10.6 Å². The third-order valence-corrected chi connectivity index (χ3v) is 2.92. The second-order valence-electron chi connectivity index (χ2n) is 4.45. The number of amides is 2. The molecule has 18 heavy (non-hydrogen) atoms. The van der Waals surface area contributed by atoms with E-state index in [4.69, 9.17) is 0 Å². The van der Waals surface area contributed by atoms with Crippen LogP contribution in [0.25, 0.3) is 0 Å². The van der Waals surface area contributed by atoms with Gasteiger partial charge in [0.2, 0.25) is 11.8 Å². The number of hydrogen-bond acceptors (Lipinski definition) is 4. The van der Waals surface area contributed by atoms with Crippen molar-refractivity contribution >= 4 is 17.6 Å². The van der Waals surface area contributed by atoms with Crippen molar-refractivity contribution in [2.75, 3.05) is 13.1 Å². The van der Waals surface area contributed by atoms with Crippen LogP contribution in [0.2, 0.25) is 0 Å². The summed E-state index contributed by atoms with van der Waals surface area (Å²) in [5.74, 6) is -1.93. The van der Waals surface area contributed by atoms with E-state index < -0.39 is 23.8 Å². The highest BCUT2D eigenvalue weighted by Crippen LogP contribution is 2.12. The third kappa shape index (κ3) is 4.10. The zero-order valence-electron chi connectivity index (χ0n) is 10.6. The van der Waals surface area contributed by atoms with Crippen molar-refractivity contribution in [3.05, 3.63) is 0 Å². The molecule has 0 bridgehead atoms. The van der Waals surface area contributed by atoms with Crippen LogP contribution < -0.4 is 10.6 Å². The van der Waals surface area contributed by atoms with E-state index in [1.54, 1.807) is 0 Å². The minimum atomic E-state index is -1.06. The van der Waals surface area contributed by atoms with Gasteiger partial charge in [-0.25, -0.2) is 0 Å². The van der Waals surface area contributed by atoms with Crippen molar-refractivity contribution in [2.24, 2.45) is 5.92 Å². The highest BCUT2D eigenvalue weighted by atomic mass is 16.3. The number of Topliss-reactive ketones (excluding diaryl/α,β-unsaturated/α-hetero) is 1. The Bertz CT molecular complexity index is 330. The summed E-state index contributed by atoms with van der Waals surface area (Å²) in [6, 6.07) is 0. The summed E-state index contributed by atoms with van der Waals surface area (Å²) in [4.78, 5) is 34.4. The van der Waals surface area contributed by atoms with Gasteiger partial charge in [0.1, 0.15) is 11.7 Å². The van der Waals surface area contributed by atoms with Gasteiger partial charge in [0.05, 0.1) is 6.10 Å². The van der Waals surface area contributed by atoms with Crippen molar-refractivity contribution in [1.29, 1.82) is 0 Å². The maximum absolute atomic E-state index is 11.7. The molecule has 1 fully saturated rings. The fourth-order valence-corrected chi connectivity index (χ4v) is 1.93. The van der Waals surface area contributed by atoms with Crippen LogP contribution >= 0.6 is 0 Å². The molecule has 0 saturated carbocycles. The first-order valence-corrected chi connectivity index (χ1v) is 6.31. The van der Waals surface area contributed by atoms with E-state index in [2.05, 4.69) is 10.6 Å². The summed E-state index contributed by atoms with van der Waals surface area (Å²) in [6.45, 7) is 2.52. The number of piperidine rings is 1. The number of rotatable bonds is 6. The zero-order valence-corrected chi connectivity index (χ0v) is 10.6. The van der Waals surface area contributed by atoms with Crippen LogP contribution in [0.4, 0.5) is 0 Å². The van der Waals surface area contributed by atoms with E-state index in [-0.39, 0.29) is 18.7 Å². The van der Waals surface area contributed by atoms with Crippen molar-refractivity contribution in [3.63, 3.8) is 0 Å². The quantitative estimate of drug-likeness (QED) is 0.551. The van der Waals surface area contributed by atoms with Crippen molar-refractivity contribution in [3.8, 4) is 0 Å². The lowest BCUT2D eigenvalue weighted by atomic mass is 9.94. The maximum Gasteiger partial charge on any atom is 0.235 e. The van der Waals surface area contributed by atoms with Crippen LogP contribution in [0.1, 0.15) is 32.6 Å². The summed E-state index contributed by atoms with van der Waals surface area (Å²) < 4.78 is 0. The number of aliphatic hydroxyl groups is 1. The minimum absolute atomic E-state index is 0.0893. The standard InChI is InChI=1S/C12H20N2O4/c1-2-3-8(15)4-6-13-11(17)10-9(16)5-7-14-12(10)18/h9-10,16H,2-7H2,1H3,(H,13,17)(H,14,18). The molecule has 1 aliphatic rings. The molecule has 1 rings (SSSR count). The molecular formula is C12H20N2O4. The Hall–Kier alpha value is -1.43. The summed E-state index contributed by atoms with van der Waals surface area (Å²) >= 11 is 0. The average molecular weight is 256 g/mol. The second kappa shape index (κ2) is 7.10. The summed E-state index contributed by atoms with van der Waals surface area (Å²) in [7, 11) is 0. The van der Waals surface area contributed by atoms with Gasteiger partial charge >= 0.3 is 0 Å². The highest BCUT2D eigenvalue weighted by Gasteiger charge is 2.36. The molecule has 102 valence electrons. The topological polar surface area (TPSA) is 95.5 Å². The predicted molar refractivity (Wildman–Crippen MR) is 64.7 cm³/mol. The normalized spacial score (nSPS) is 23.3. The van der Waals surface area contributed by atoms with E-state index in [0.717, 1.165) is 6.42 Å². The second-order valence-corrected chi connectivity index (χ2v) is 4.45. The lowest BCUT2D eigenvalue weighted by molar-refractivity contribution is -0.142. The summed E-state index contributed by atoms with van der Waals surface area (Å²) in [6.07, 6.45) is 0.992. The van der Waals surface area contributed by atoms with Gasteiger partial charge in [-0.15, -0.1) is 0 Å². The fraction of sp³-hybridized carbons (Fsp3) is 0.750. The van der Waals surface area contributed by atoms with Gasteiger partial charge in [-0.2, -0.15) is 0 Å². The molecule has 2 unspecified atom stereocenters. The van der Waals surface area contributed by atoms with E-state index in [9.17, 15) is 19.5 Å². The van der Waals surface area contributed by atoms with Gasteiger partial charge in [-0.3, -0.25) is 14.4 Å². The first-order valence-electron chi connectivity index (χ1n) is 6.31. The number of carbonyl (C=O) groups is 3. The average Bonchev–Trinajstić information content (AvgIpc) is 2.29. The molecule has 1 aliphatic heterocycles. The maximum atomic E-state index is 11.7. The number of nitrogens with one attached hydrogen (secondary N) is 2. The molecule has 2 atom stereocenters. The minimum Gasteiger partial charge on any atom is -0.392 e. The molecule has 0 aromatic rings. The van der Waals surface area contributed by atoms with Gasteiger partial charge in [-0.05, 0) is 12.8 Å². The van der Waals surface area contributed by atoms with Gasteiger partial charge in [-0.1, -0.05) is 6.92 Å². The lowest BCUT2D eigenvalue weighted by Gasteiger charge is -2.26. The molecule has 3 N–H and O–H groups in total. The Morgan fingerprint density at radius 3 is 2.78 bits per heavy atom. The molecule has 0 aromatic heterocycles. The number of hydrogen-bond donors (Lipinski definition) is 3. The van der Waals surface area contributed by atoms with Gasteiger partial charge in [0.15, 0.2) is 0 Å². The van der Waals surface area contributed by atoms with E-state index in [1.807, 2.05) is 6.92 Å². The summed E-state index contributed by atoms with van der Waals surface area (Å²) in [5.41, 5.74) is 0. The zero-order chi connectivity index (χ0) is 13.5. The number of carbonyl (C=O) groups excluding carboxylic acids is 3. The molecule has 0 spiro atoms. The van der Waals surface area contributed by atoms with Gasteiger partial charge in [0.25, 0.3) is 0 Å². The van der Waals surface area contributed by atoms with Crippen LogP contribution in [0.5, 0.6) is 0 Å². The number of ketones is 1. The first-order chi connectivity index (χ1) is 8.56. The Morgan fingerprint density at radius 1 is 1.44 bits per heavy atom. The largest absolute Gasteiger partial charge is 0.392 e. The van der Waals surface area contributed by atoms with Crippen LogP contribution in [0.3, 0.4) is 0 Å². The molecular weight excluding hydrogens is 236 g/mol. The Morgan fingerprint density at radius 2 is 2.17 bits per heavy atom. The van der Waals surface area contributed by atoms with E-state index >= 15 is 0 Å². The fourth-order valence-electron chi connectivity index (χ4n) is 1.93. The van der Waals surface area contributed by atoms with Gasteiger partial charge < -0.3 is 15.7 Å². The molecule has 0 radical (unpaired) electrons. The molecule has 1 heterocycles. The molecule has 0 aliphatic carbocycles. The van der Waals surface area contributed by atoms with Crippen LogP contribution in [-0.2, 0) is 14.4 Å². The van der Waals surface area contributed by atoms with Gasteiger partial charge in [0, 0.05) is 25.9 Å². The Labute approximate surface area is 106 Å². The smallest absolute Gasteiger partial charge is 0.235 e. The molecule has 1 saturated heterocycles. The van der Waals surface area contributed by atoms with Crippen LogP contribution in [0, 0.1) is 5.92 Å². The Balaban J connectivity index is 2.35. The number of aliphatic hydroxyl groups excluding tert-OH is 1. The van der Waals surface area contributed by atoms with Crippen LogP contribution in [0.15, 0.2) is 0 Å². The summed E-state index contributed by atoms with van der Waals surface area (Å²) in [5, 5.41) is 14.7. The lowest BCUT2D eigenvalue weighted by Crippen LogP contribution is -2.52. The van der Waals surface area contributed by atoms with Crippen LogP contribution in [-0.4, -0.2) is 41.9 Å². The molecule has 6 nitrogen and oxygen atoms in total. The molecule has 6 heteroatoms. The molecule has 2 amide bonds. The first kappa shape index (κ1) is 14.6. The van der Waals surface area contributed by atoms with Crippen molar-refractivity contribution < 1.29 is 19.5 Å². The van der Waals surface area contributed by atoms with Crippen molar-refractivity contribution in [2.45, 2.75) is 38.7 Å². The third-order valence-electron chi connectivity index (χ3n) is 2.92. The Kier molecular flexibility index (Phi) is 5.77. The van der Waals surface area contributed by atoms with E-state index in [1.165, 1.54) is 0 Å². The SMILES string of the molecule is CCCC(=O)CCNC(=O)C1C(=O)NCCC1O. The highest BCUT2D eigenvalue weighted by molar-refractivity contribution is 6.01.